The second-order valence-corrected chi connectivity index (χ2v) is 6.64. The zero-order valence-corrected chi connectivity index (χ0v) is 15.0. The molecule has 0 saturated heterocycles. The summed E-state index contributed by atoms with van der Waals surface area (Å²) in [5.74, 6) is 0.0320. The Labute approximate surface area is 143 Å². The van der Waals surface area contributed by atoms with Crippen LogP contribution in [0.1, 0.15) is 27.9 Å². The highest BCUT2D eigenvalue weighted by atomic mass is 16.1. The first-order chi connectivity index (χ1) is 11.4. The normalized spacial score (nSPS) is 11.0. The molecule has 0 aliphatic heterocycles. The molecule has 24 heavy (non-hydrogen) atoms. The van der Waals surface area contributed by atoms with Gasteiger partial charge in [-0.05, 0) is 50.5 Å². The highest BCUT2D eigenvalue weighted by molar-refractivity contribution is 5.97. The Balaban J connectivity index is 1.90. The molecule has 3 aromatic rings. The molecular weight excluding hydrogens is 296 g/mol. The minimum absolute atomic E-state index is 0.0320. The van der Waals surface area contributed by atoms with Crippen molar-refractivity contribution in [1.82, 2.24) is 4.57 Å². The van der Waals surface area contributed by atoms with E-state index in [1.54, 1.807) is 0 Å². The number of benzene rings is 2. The van der Waals surface area contributed by atoms with E-state index in [0.29, 0.717) is 6.42 Å². The Hall–Kier alpha value is -2.55. The number of nitrogens with one attached hydrogen (secondary N) is 1. The SMILES string of the molecule is Cc1cc(C)c(NC(=O)Cc2c(C)n(C)c3ccccc23)c(C)c1. The summed E-state index contributed by atoms with van der Waals surface area (Å²) in [4.78, 5) is 12.7. The van der Waals surface area contributed by atoms with Gasteiger partial charge in [-0.15, -0.1) is 0 Å². The lowest BCUT2D eigenvalue weighted by Crippen LogP contribution is -2.16. The van der Waals surface area contributed by atoms with Crippen LogP contribution in [0.25, 0.3) is 10.9 Å². The van der Waals surface area contributed by atoms with E-state index in [2.05, 4.69) is 48.0 Å². The van der Waals surface area contributed by atoms with Crippen LogP contribution < -0.4 is 5.32 Å². The van der Waals surface area contributed by atoms with Crippen molar-refractivity contribution >= 4 is 22.5 Å². The lowest BCUT2D eigenvalue weighted by Gasteiger charge is -2.13. The third-order valence-electron chi connectivity index (χ3n) is 4.81. The second kappa shape index (κ2) is 6.16. The molecule has 3 nitrogen and oxygen atoms in total. The van der Waals surface area contributed by atoms with Crippen LogP contribution in [0, 0.1) is 27.7 Å². The molecule has 1 aromatic heterocycles. The smallest absolute Gasteiger partial charge is 0.228 e. The number of hydrogen-bond donors (Lipinski definition) is 1. The van der Waals surface area contributed by atoms with Gasteiger partial charge in [0, 0.05) is 29.3 Å². The average molecular weight is 320 g/mol. The molecule has 0 atom stereocenters. The summed E-state index contributed by atoms with van der Waals surface area (Å²) < 4.78 is 2.15. The van der Waals surface area contributed by atoms with Gasteiger partial charge in [-0.3, -0.25) is 4.79 Å². The number of anilines is 1. The predicted molar refractivity (Wildman–Crippen MR) is 101 cm³/mol. The Morgan fingerprint density at radius 2 is 1.67 bits per heavy atom. The minimum Gasteiger partial charge on any atom is -0.348 e. The maximum Gasteiger partial charge on any atom is 0.228 e. The van der Waals surface area contributed by atoms with Crippen LogP contribution in [0.5, 0.6) is 0 Å². The molecule has 0 fully saturated rings. The predicted octanol–water partition coefficient (Wildman–Crippen LogP) is 4.59. The van der Waals surface area contributed by atoms with Crippen molar-refractivity contribution in [3.05, 3.63) is 64.3 Å². The van der Waals surface area contributed by atoms with Crippen LogP contribution in [-0.4, -0.2) is 10.5 Å². The highest BCUT2D eigenvalue weighted by Gasteiger charge is 2.16. The standard InChI is InChI=1S/C21H24N2O/c1-13-10-14(2)21(15(3)11-13)22-20(24)12-18-16(4)23(5)19-9-7-6-8-17(18)19/h6-11H,12H2,1-5H3,(H,22,24). The second-order valence-electron chi connectivity index (χ2n) is 6.64. The van der Waals surface area contributed by atoms with Crippen LogP contribution >= 0.6 is 0 Å². The number of amides is 1. The Morgan fingerprint density at radius 1 is 1.04 bits per heavy atom. The first-order valence-electron chi connectivity index (χ1n) is 8.29. The number of aryl methyl sites for hydroxylation is 4. The molecule has 0 bridgehead atoms. The Kier molecular flexibility index (Phi) is 4.18. The van der Waals surface area contributed by atoms with Gasteiger partial charge in [0.2, 0.25) is 5.91 Å². The van der Waals surface area contributed by atoms with E-state index in [0.717, 1.165) is 33.5 Å². The number of rotatable bonds is 3. The molecule has 2 aromatic carbocycles. The average Bonchev–Trinajstić information content (AvgIpc) is 2.76. The highest BCUT2D eigenvalue weighted by Crippen LogP contribution is 2.26. The van der Waals surface area contributed by atoms with E-state index >= 15 is 0 Å². The fraction of sp³-hybridized carbons (Fsp3) is 0.286. The van der Waals surface area contributed by atoms with Crippen LogP contribution in [0.3, 0.4) is 0 Å². The van der Waals surface area contributed by atoms with Gasteiger partial charge in [-0.1, -0.05) is 35.9 Å². The topological polar surface area (TPSA) is 34.0 Å². The van der Waals surface area contributed by atoms with Crippen molar-refractivity contribution in [2.45, 2.75) is 34.1 Å². The van der Waals surface area contributed by atoms with Crippen molar-refractivity contribution in [3.63, 3.8) is 0 Å². The van der Waals surface area contributed by atoms with Gasteiger partial charge in [0.15, 0.2) is 0 Å². The molecule has 0 unspecified atom stereocenters. The lowest BCUT2D eigenvalue weighted by atomic mass is 10.0. The number of para-hydroxylation sites is 1. The summed E-state index contributed by atoms with van der Waals surface area (Å²) in [7, 11) is 2.05. The lowest BCUT2D eigenvalue weighted by molar-refractivity contribution is -0.115. The van der Waals surface area contributed by atoms with Gasteiger partial charge in [0.25, 0.3) is 0 Å². The van der Waals surface area contributed by atoms with Crippen molar-refractivity contribution in [3.8, 4) is 0 Å². The third kappa shape index (κ3) is 2.82. The number of nitrogens with zero attached hydrogens (tertiary/aromatic N) is 1. The first-order valence-corrected chi connectivity index (χ1v) is 8.29. The first kappa shape index (κ1) is 16.3. The quantitative estimate of drug-likeness (QED) is 0.752. The van der Waals surface area contributed by atoms with Crippen LogP contribution in [-0.2, 0) is 18.3 Å². The van der Waals surface area contributed by atoms with E-state index in [-0.39, 0.29) is 5.91 Å². The summed E-state index contributed by atoms with van der Waals surface area (Å²) in [6.07, 6.45) is 0.389. The zero-order chi connectivity index (χ0) is 17.4. The van der Waals surface area contributed by atoms with Crippen molar-refractivity contribution in [1.29, 1.82) is 0 Å². The number of fused-ring (bicyclic) bond motifs is 1. The molecule has 0 spiro atoms. The van der Waals surface area contributed by atoms with E-state index in [1.165, 1.54) is 11.1 Å². The maximum atomic E-state index is 12.7. The number of aromatic nitrogens is 1. The summed E-state index contributed by atoms with van der Waals surface area (Å²) in [5.41, 5.74) is 7.78. The van der Waals surface area contributed by atoms with Crippen molar-refractivity contribution in [2.75, 3.05) is 5.32 Å². The van der Waals surface area contributed by atoms with E-state index < -0.39 is 0 Å². The summed E-state index contributed by atoms with van der Waals surface area (Å²) in [6.45, 7) is 8.23. The number of carbonyl (C=O) groups is 1. The summed E-state index contributed by atoms with van der Waals surface area (Å²) in [5, 5.41) is 4.26. The van der Waals surface area contributed by atoms with Crippen molar-refractivity contribution in [2.24, 2.45) is 7.05 Å². The molecule has 0 saturated carbocycles. The maximum absolute atomic E-state index is 12.7. The largest absolute Gasteiger partial charge is 0.348 e. The fourth-order valence-electron chi connectivity index (χ4n) is 3.54. The van der Waals surface area contributed by atoms with Crippen molar-refractivity contribution < 1.29 is 4.79 Å². The molecule has 124 valence electrons. The molecule has 1 amide bonds. The Morgan fingerprint density at radius 3 is 2.33 bits per heavy atom. The Bertz CT molecular complexity index is 911. The number of carbonyl (C=O) groups excluding carboxylic acids is 1. The molecule has 0 aliphatic carbocycles. The molecule has 3 heteroatoms. The fourth-order valence-corrected chi connectivity index (χ4v) is 3.54. The van der Waals surface area contributed by atoms with Gasteiger partial charge in [-0.2, -0.15) is 0 Å². The molecule has 1 heterocycles. The van der Waals surface area contributed by atoms with Crippen LogP contribution in [0.15, 0.2) is 36.4 Å². The zero-order valence-electron chi connectivity index (χ0n) is 15.0. The van der Waals surface area contributed by atoms with Gasteiger partial charge in [-0.25, -0.2) is 0 Å². The minimum atomic E-state index is 0.0320. The molecule has 1 N–H and O–H groups in total. The van der Waals surface area contributed by atoms with Crippen LogP contribution in [0.2, 0.25) is 0 Å². The molecular formula is C21H24N2O. The van der Waals surface area contributed by atoms with Gasteiger partial charge in [0.1, 0.15) is 0 Å². The molecule has 0 aliphatic rings. The number of hydrogen-bond acceptors (Lipinski definition) is 1. The third-order valence-corrected chi connectivity index (χ3v) is 4.81. The van der Waals surface area contributed by atoms with E-state index in [4.69, 9.17) is 0 Å². The van der Waals surface area contributed by atoms with Gasteiger partial charge < -0.3 is 9.88 Å². The monoisotopic (exact) mass is 320 g/mol. The van der Waals surface area contributed by atoms with E-state index in [1.807, 2.05) is 33.0 Å². The summed E-state index contributed by atoms with van der Waals surface area (Å²) >= 11 is 0. The van der Waals surface area contributed by atoms with Crippen LogP contribution in [0.4, 0.5) is 5.69 Å². The molecule has 3 rings (SSSR count). The van der Waals surface area contributed by atoms with Gasteiger partial charge >= 0.3 is 0 Å². The van der Waals surface area contributed by atoms with E-state index in [9.17, 15) is 4.79 Å². The van der Waals surface area contributed by atoms with Gasteiger partial charge in [0.05, 0.1) is 6.42 Å². The summed E-state index contributed by atoms with van der Waals surface area (Å²) in [6, 6.07) is 12.4. The molecule has 0 radical (unpaired) electrons.